The summed E-state index contributed by atoms with van der Waals surface area (Å²) in [4.78, 5) is 29.8. The van der Waals surface area contributed by atoms with Gasteiger partial charge < -0.3 is 10.2 Å². The second-order valence-corrected chi connectivity index (χ2v) is 13.9. The molecule has 0 saturated heterocycles. The van der Waals surface area contributed by atoms with Crippen molar-refractivity contribution in [3.63, 3.8) is 0 Å². The number of rotatable bonds is 14. The summed E-state index contributed by atoms with van der Waals surface area (Å²) < 4.78 is 30.1. The van der Waals surface area contributed by atoms with Crippen LogP contribution in [-0.2, 0) is 32.6 Å². The van der Waals surface area contributed by atoms with Crippen LogP contribution in [0.3, 0.4) is 0 Å². The summed E-state index contributed by atoms with van der Waals surface area (Å²) >= 11 is 9.90. The highest BCUT2D eigenvalue weighted by Gasteiger charge is 2.34. The van der Waals surface area contributed by atoms with E-state index in [4.69, 9.17) is 11.6 Å². The molecule has 45 heavy (non-hydrogen) atoms. The summed E-state index contributed by atoms with van der Waals surface area (Å²) in [5, 5.41) is 3.37. The molecular formula is C35H37BrClN3O4S. The Balaban J connectivity index is 1.79. The fourth-order valence-corrected chi connectivity index (χ4v) is 6.70. The van der Waals surface area contributed by atoms with Gasteiger partial charge in [0.15, 0.2) is 0 Å². The topological polar surface area (TPSA) is 86.8 Å². The molecule has 0 aromatic heterocycles. The first-order valence-corrected chi connectivity index (χ1v) is 17.4. The van der Waals surface area contributed by atoms with Crippen LogP contribution in [0.5, 0.6) is 0 Å². The summed E-state index contributed by atoms with van der Waals surface area (Å²) in [7, 11) is -4.19. The molecule has 1 atom stereocenters. The Morgan fingerprint density at radius 1 is 0.889 bits per heavy atom. The molecular weight excluding hydrogens is 674 g/mol. The van der Waals surface area contributed by atoms with E-state index in [9.17, 15) is 18.0 Å². The maximum atomic E-state index is 14.5. The van der Waals surface area contributed by atoms with Crippen LogP contribution in [0.2, 0.25) is 5.02 Å². The summed E-state index contributed by atoms with van der Waals surface area (Å²) in [5.41, 5.74) is 2.69. The first-order chi connectivity index (χ1) is 21.6. The van der Waals surface area contributed by atoms with E-state index in [1.54, 1.807) is 36.4 Å². The second-order valence-electron chi connectivity index (χ2n) is 10.8. The lowest BCUT2D eigenvalue weighted by molar-refractivity contribution is -0.140. The molecule has 0 heterocycles. The van der Waals surface area contributed by atoms with Gasteiger partial charge in [0.2, 0.25) is 11.8 Å². The van der Waals surface area contributed by atoms with Crippen LogP contribution in [0, 0.1) is 6.92 Å². The minimum Gasteiger partial charge on any atom is -0.354 e. The summed E-state index contributed by atoms with van der Waals surface area (Å²) in [6, 6.07) is 28.9. The molecule has 0 unspecified atom stereocenters. The third-order valence-corrected chi connectivity index (χ3v) is 10.1. The van der Waals surface area contributed by atoms with Crippen LogP contribution in [0.15, 0.2) is 112 Å². The van der Waals surface area contributed by atoms with E-state index in [0.29, 0.717) is 11.6 Å². The van der Waals surface area contributed by atoms with Gasteiger partial charge in [-0.25, -0.2) is 8.42 Å². The van der Waals surface area contributed by atoms with Crippen molar-refractivity contribution in [1.82, 2.24) is 10.2 Å². The largest absolute Gasteiger partial charge is 0.354 e. The maximum absolute atomic E-state index is 14.5. The number of anilines is 1. The maximum Gasteiger partial charge on any atom is 0.264 e. The Morgan fingerprint density at radius 2 is 1.53 bits per heavy atom. The lowest BCUT2D eigenvalue weighted by Gasteiger charge is -2.34. The zero-order valence-corrected chi connectivity index (χ0v) is 28.5. The smallest absolute Gasteiger partial charge is 0.264 e. The van der Waals surface area contributed by atoms with Crippen molar-refractivity contribution < 1.29 is 18.0 Å². The summed E-state index contributed by atoms with van der Waals surface area (Å²) in [6.45, 7) is 3.88. The first kappa shape index (κ1) is 34.2. The molecule has 0 radical (unpaired) electrons. The van der Waals surface area contributed by atoms with Gasteiger partial charge in [-0.05, 0) is 66.4 Å². The predicted molar refractivity (Wildman–Crippen MR) is 184 cm³/mol. The molecule has 2 amide bonds. The fraction of sp³-hybridized carbons (Fsp3) is 0.257. The quantitative estimate of drug-likeness (QED) is 0.141. The van der Waals surface area contributed by atoms with Crippen molar-refractivity contribution in [2.24, 2.45) is 0 Å². The van der Waals surface area contributed by atoms with Crippen LogP contribution < -0.4 is 9.62 Å². The van der Waals surface area contributed by atoms with E-state index < -0.39 is 28.5 Å². The molecule has 0 aliphatic carbocycles. The molecule has 4 rings (SSSR count). The number of halogens is 2. The average molecular weight is 711 g/mol. The van der Waals surface area contributed by atoms with Crippen LogP contribution in [0.25, 0.3) is 0 Å². The molecule has 0 aliphatic heterocycles. The van der Waals surface area contributed by atoms with Crippen molar-refractivity contribution in [3.8, 4) is 0 Å². The highest BCUT2D eigenvalue weighted by molar-refractivity contribution is 9.10. The zero-order valence-electron chi connectivity index (χ0n) is 25.3. The molecule has 0 spiro atoms. The lowest BCUT2D eigenvalue weighted by Crippen LogP contribution is -2.53. The van der Waals surface area contributed by atoms with Crippen LogP contribution in [0.1, 0.15) is 36.5 Å². The van der Waals surface area contributed by atoms with Crippen molar-refractivity contribution in [3.05, 3.63) is 129 Å². The van der Waals surface area contributed by atoms with E-state index in [1.165, 1.54) is 17.0 Å². The molecule has 4 aromatic carbocycles. The van der Waals surface area contributed by atoms with Gasteiger partial charge in [0, 0.05) is 29.0 Å². The van der Waals surface area contributed by atoms with Gasteiger partial charge >= 0.3 is 0 Å². The highest BCUT2D eigenvalue weighted by Crippen LogP contribution is 2.29. The van der Waals surface area contributed by atoms with Gasteiger partial charge in [0.1, 0.15) is 12.6 Å². The number of amides is 2. The van der Waals surface area contributed by atoms with Gasteiger partial charge in [0.05, 0.1) is 10.6 Å². The molecule has 236 valence electrons. The third kappa shape index (κ3) is 9.19. The average Bonchev–Trinajstić information content (AvgIpc) is 3.04. The first-order valence-electron chi connectivity index (χ1n) is 14.8. The summed E-state index contributed by atoms with van der Waals surface area (Å²) in [6.07, 6.45) is 1.95. The number of hydrogen-bond donors (Lipinski definition) is 1. The van der Waals surface area contributed by atoms with Gasteiger partial charge in [-0.15, -0.1) is 0 Å². The number of benzene rings is 4. The highest BCUT2D eigenvalue weighted by atomic mass is 79.9. The second kappa shape index (κ2) is 16.1. The Labute approximate surface area is 279 Å². The Hall–Kier alpha value is -3.66. The van der Waals surface area contributed by atoms with Crippen molar-refractivity contribution >= 4 is 55.1 Å². The number of sulfonamides is 1. The standard InChI is InChI=1S/C35H37BrClN3O4S/c1-3-4-21-38-35(42)33(22-27-11-7-5-8-12-27)39(24-28-16-18-29(36)19-17-28)34(41)25-40(30-20-15-26(2)32(37)23-30)45(43,44)31-13-9-6-10-14-31/h5-20,23,33H,3-4,21-22,24-25H2,1-2H3,(H,38,42)/t33-/m1/s1. The number of hydrogen-bond acceptors (Lipinski definition) is 4. The third-order valence-electron chi connectivity index (χ3n) is 7.42. The number of aryl methyl sites for hydroxylation is 1. The molecule has 0 fully saturated rings. The minimum atomic E-state index is -4.19. The number of unbranched alkanes of at least 4 members (excludes halogenated alkanes) is 1. The van der Waals surface area contributed by atoms with Crippen molar-refractivity contribution in [1.29, 1.82) is 0 Å². The number of nitrogens with zero attached hydrogens (tertiary/aromatic N) is 2. The van der Waals surface area contributed by atoms with Gasteiger partial charge in [-0.2, -0.15) is 0 Å². The van der Waals surface area contributed by atoms with Crippen LogP contribution >= 0.6 is 27.5 Å². The molecule has 0 aliphatic rings. The molecule has 10 heteroatoms. The van der Waals surface area contributed by atoms with Gasteiger partial charge in [-0.3, -0.25) is 13.9 Å². The Kier molecular flexibility index (Phi) is 12.2. The zero-order chi connectivity index (χ0) is 32.4. The Morgan fingerprint density at radius 3 is 2.16 bits per heavy atom. The van der Waals surface area contributed by atoms with Crippen molar-refractivity contribution in [2.45, 2.75) is 50.6 Å². The molecule has 7 nitrogen and oxygen atoms in total. The van der Waals surface area contributed by atoms with E-state index in [0.717, 1.165) is 38.3 Å². The lowest BCUT2D eigenvalue weighted by atomic mass is 10.0. The number of nitrogens with one attached hydrogen (secondary N) is 1. The molecule has 4 aromatic rings. The van der Waals surface area contributed by atoms with Crippen LogP contribution in [0.4, 0.5) is 5.69 Å². The molecule has 1 N–H and O–H groups in total. The van der Waals surface area contributed by atoms with Gasteiger partial charge in [-0.1, -0.05) is 108 Å². The van der Waals surface area contributed by atoms with E-state index in [-0.39, 0.29) is 29.5 Å². The number of carbonyl (C=O) groups excluding carboxylic acids is 2. The van der Waals surface area contributed by atoms with Crippen LogP contribution in [-0.4, -0.2) is 44.3 Å². The van der Waals surface area contributed by atoms with Gasteiger partial charge in [0.25, 0.3) is 10.0 Å². The monoisotopic (exact) mass is 709 g/mol. The van der Waals surface area contributed by atoms with E-state index >= 15 is 0 Å². The molecule has 0 saturated carbocycles. The SMILES string of the molecule is CCCCNC(=O)[C@@H](Cc1ccccc1)N(Cc1ccc(Br)cc1)C(=O)CN(c1ccc(C)c(Cl)c1)S(=O)(=O)c1ccccc1. The normalized spacial score (nSPS) is 11.9. The minimum absolute atomic E-state index is 0.0344. The van der Waals surface area contributed by atoms with E-state index in [2.05, 4.69) is 21.2 Å². The predicted octanol–water partition coefficient (Wildman–Crippen LogP) is 7.16. The number of carbonyl (C=O) groups is 2. The fourth-order valence-electron chi connectivity index (χ4n) is 4.83. The van der Waals surface area contributed by atoms with Crippen molar-refractivity contribution in [2.75, 3.05) is 17.4 Å². The Bertz CT molecular complexity index is 1690. The molecule has 0 bridgehead atoms. The summed E-state index contributed by atoms with van der Waals surface area (Å²) in [5.74, 6) is -0.825. The van der Waals surface area contributed by atoms with E-state index in [1.807, 2.05) is 68.4 Å².